The van der Waals surface area contributed by atoms with E-state index in [1.54, 1.807) is 29.5 Å². The number of rotatable bonds is 6. The molecule has 2 amide bonds. The number of piperazine rings is 1. The number of thiophene rings is 1. The van der Waals surface area contributed by atoms with Crippen LogP contribution in [0.2, 0.25) is 0 Å². The Morgan fingerprint density at radius 2 is 1.80 bits per heavy atom. The van der Waals surface area contributed by atoms with Gasteiger partial charge in [0.05, 0.1) is 5.69 Å². The molecule has 228 valence electrons. The minimum Gasteiger partial charge on any atom is -0.399 e. The first-order chi connectivity index (χ1) is 21.2. The number of carbonyl (C=O) groups excluding carboxylic acids is 2. The van der Waals surface area contributed by atoms with Gasteiger partial charge in [0, 0.05) is 55.2 Å². The molecule has 1 aliphatic carbocycles. The highest BCUT2D eigenvalue weighted by Gasteiger charge is 2.32. The fourth-order valence-electron chi connectivity index (χ4n) is 5.83. The number of benzene rings is 2. The highest BCUT2D eigenvalue weighted by molar-refractivity contribution is 7.14. The highest BCUT2D eigenvalue weighted by atomic mass is 32.1. The van der Waals surface area contributed by atoms with Crippen LogP contribution in [0.25, 0.3) is 11.3 Å². The molecule has 44 heavy (non-hydrogen) atoms. The maximum absolute atomic E-state index is 13.0. The van der Waals surface area contributed by atoms with E-state index in [1.165, 1.54) is 27.8 Å². The van der Waals surface area contributed by atoms with E-state index in [-0.39, 0.29) is 23.3 Å². The molecule has 2 aromatic heterocycles. The van der Waals surface area contributed by atoms with E-state index >= 15 is 0 Å². The minimum atomic E-state index is -0.546. The predicted molar refractivity (Wildman–Crippen MR) is 173 cm³/mol. The number of fused-ring (bicyclic) bond motifs is 1. The van der Waals surface area contributed by atoms with Crippen molar-refractivity contribution in [2.75, 3.05) is 37.8 Å². The third-order valence-corrected chi connectivity index (χ3v) is 9.53. The van der Waals surface area contributed by atoms with Crippen LogP contribution >= 0.6 is 11.3 Å². The Labute approximate surface area is 260 Å². The molecule has 0 radical (unpaired) electrons. The number of likely N-dealkylation sites (N-methyl/N-ethyl adjacent to an activating group) is 2. The minimum absolute atomic E-state index is 0.0632. The predicted octanol–water partition coefficient (Wildman–Crippen LogP) is 5.50. The summed E-state index contributed by atoms with van der Waals surface area (Å²) in [7, 11) is 5.45. The number of nitrogens with zero attached hydrogens (tertiary/aromatic N) is 4. The summed E-state index contributed by atoms with van der Waals surface area (Å²) < 4.78 is 7.11. The van der Waals surface area contributed by atoms with Crippen LogP contribution in [-0.2, 0) is 24.7 Å². The van der Waals surface area contributed by atoms with Gasteiger partial charge in [0.1, 0.15) is 6.04 Å². The normalized spacial score (nSPS) is 16.9. The average molecular weight is 613 g/mol. The highest BCUT2D eigenvalue weighted by Crippen LogP contribution is 2.35. The van der Waals surface area contributed by atoms with E-state index in [2.05, 4.69) is 15.6 Å². The Bertz CT molecular complexity index is 1760. The van der Waals surface area contributed by atoms with Crippen molar-refractivity contribution in [3.63, 3.8) is 0 Å². The van der Waals surface area contributed by atoms with E-state index in [9.17, 15) is 14.4 Å². The fourth-order valence-corrected chi connectivity index (χ4v) is 6.93. The van der Waals surface area contributed by atoms with E-state index in [4.69, 9.17) is 4.74 Å². The Morgan fingerprint density at radius 1 is 1.02 bits per heavy atom. The smallest absolute Gasteiger partial charge is 0.399 e. The molecule has 0 unspecified atom stereocenters. The van der Waals surface area contributed by atoms with Crippen molar-refractivity contribution >= 4 is 40.5 Å². The molecule has 1 aliphatic heterocycles. The monoisotopic (exact) mass is 612 g/mol. The largest absolute Gasteiger partial charge is 0.417 e. The molecule has 2 aliphatic rings. The number of aryl methyl sites for hydroxylation is 3. The molecule has 6 rings (SSSR count). The quantitative estimate of drug-likeness (QED) is 0.296. The maximum Gasteiger partial charge on any atom is 0.417 e. The first-order valence-corrected chi connectivity index (χ1v) is 15.6. The molecule has 4 aromatic rings. The molecular formula is C33H36N6O4S. The molecular weight excluding hydrogens is 576 g/mol. The molecule has 10 nitrogen and oxygen atoms in total. The second-order valence-corrected chi connectivity index (χ2v) is 12.6. The molecule has 2 N–H and O–H groups in total. The number of aromatic nitrogens is 2. The van der Waals surface area contributed by atoms with Crippen molar-refractivity contribution in [2.45, 2.75) is 38.6 Å². The van der Waals surface area contributed by atoms with Gasteiger partial charge < -0.3 is 19.5 Å². The summed E-state index contributed by atoms with van der Waals surface area (Å²) in [5.74, 6) is 0.232. The topological polar surface area (TPSA) is 109 Å². The maximum atomic E-state index is 13.0. The average Bonchev–Trinajstić information content (AvgIpc) is 3.41. The summed E-state index contributed by atoms with van der Waals surface area (Å²) in [6, 6.07) is 14.7. The van der Waals surface area contributed by atoms with Gasteiger partial charge in [-0.2, -0.15) is 0 Å². The lowest BCUT2D eigenvalue weighted by atomic mass is 10.00. The number of carbonyl (C=O) groups is 2. The summed E-state index contributed by atoms with van der Waals surface area (Å²) in [6.45, 7) is 3.40. The number of amides is 2. The molecule has 1 saturated heterocycles. The SMILES string of the molecule is Cc1c(NC(=O)Oc2cc3c(s2)CCCC3)cccc1-c1cn(C)c(=O)c(Nc2ccc([C@H]3C(=O)N(C)CCN3C)cc2)n1. The van der Waals surface area contributed by atoms with Gasteiger partial charge in [-0.1, -0.05) is 24.3 Å². The van der Waals surface area contributed by atoms with Gasteiger partial charge in [0.25, 0.3) is 5.56 Å². The Hall–Kier alpha value is -4.48. The van der Waals surface area contributed by atoms with Gasteiger partial charge in [-0.15, -0.1) is 11.3 Å². The summed E-state index contributed by atoms with van der Waals surface area (Å²) in [4.78, 5) is 48.4. The van der Waals surface area contributed by atoms with Crippen LogP contribution in [0.15, 0.2) is 59.5 Å². The summed E-state index contributed by atoms with van der Waals surface area (Å²) in [6.07, 6.45) is 5.55. The van der Waals surface area contributed by atoms with E-state index in [1.807, 2.05) is 74.4 Å². The van der Waals surface area contributed by atoms with Crippen molar-refractivity contribution in [2.24, 2.45) is 7.05 Å². The summed E-state index contributed by atoms with van der Waals surface area (Å²) >= 11 is 1.54. The first kappa shape index (κ1) is 29.6. The van der Waals surface area contributed by atoms with Crippen LogP contribution in [0.3, 0.4) is 0 Å². The zero-order chi connectivity index (χ0) is 31.0. The molecule has 1 fully saturated rings. The van der Waals surface area contributed by atoms with Gasteiger partial charge in [0.2, 0.25) is 5.91 Å². The van der Waals surface area contributed by atoms with Gasteiger partial charge in [-0.05, 0) is 80.6 Å². The fraction of sp³-hybridized carbons (Fsp3) is 0.333. The summed E-state index contributed by atoms with van der Waals surface area (Å²) in [5.41, 5.74) is 5.31. The van der Waals surface area contributed by atoms with Gasteiger partial charge in [-0.3, -0.25) is 19.8 Å². The third-order valence-electron chi connectivity index (χ3n) is 8.41. The Kier molecular flexibility index (Phi) is 8.24. The van der Waals surface area contributed by atoms with E-state index in [0.717, 1.165) is 36.1 Å². The van der Waals surface area contributed by atoms with Crippen LogP contribution in [0, 0.1) is 6.92 Å². The van der Waals surface area contributed by atoms with E-state index in [0.29, 0.717) is 28.7 Å². The second kappa shape index (κ2) is 12.3. The molecule has 0 bridgehead atoms. The zero-order valence-electron chi connectivity index (χ0n) is 25.3. The summed E-state index contributed by atoms with van der Waals surface area (Å²) in [5, 5.41) is 6.64. The number of nitrogens with one attached hydrogen (secondary N) is 2. The number of hydrogen-bond acceptors (Lipinski definition) is 8. The lowest BCUT2D eigenvalue weighted by Gasteiger charge is -2.37. The Balaban J connectivity index is 1.20. The second-order valence-electron chi connectivity index (χ2n) is 11.5. The molecule has 11 heteroatoms. The number of ether oxygens (including phenoxy) is 1. The first-order valence-electron chi connectivity index (χ1n) is 14.8. The van der Waals surface area contributed by atoms with Crippen LogP contribution in [0.1, 0.15) is 40.5 Å². The van der Waals surface area contributed by atoms with E-state index < -0.39 is 6.09 Å². The van der Waals surface area contributed by atoms with Crippen molar-refractivity contribution < 1.29 is 14.3 Å². The van der Waals surface area contributed by atoms with Gasteiger partial charge >= 0.3 is 6.09 Å². The Morgan fingerprint density at radius 3 is 2.57 bits per heavy atom. The standard InChI is InChI=1S/C33H36N6O4S/c1-20-24(9-7-10-25(20)36-33(42)43-28-18-22-8-5-6-11-27(22)44-28)26-19-39(4)32(41)30(35-26)34-23-14-12-21(13-15-23)29-31(40)38(3)17-16-37(29)2/h7,9-10,12-15,18-19,29H,5-6,8,11,16-17H2,1-4H3,(H,34,35)(H,36,42)/t29-/m0/s1. The number of anilines is 3. The van der Waals surface area contributed by atoms with Crippen LogP contribution in [-0.4, -0.2) is 58.5 Å². The third kappa shape index (κ3) is 5.97. The molecule has 0 spiro atoms. The van der Waals surface area contributed by atoms with Crippen LogP contribution in [0.5, 0.6) is 5.06 Å². The molecule has 2 aromatic carbocycles. The van der Waals surface area contributed by atoms with Crippen molar-refractivity contribution in [3.05, 3.63) is 86.6 Å². The lowest BCUT2D eigenvalue weighted by molar-refractivity contribution is -0.139. The molecule has 1 atom stereocenters. The van der Waals surface area contributed by atoms with Gasteiger partial charge in [0.15, 0.2) is 10.9 Å². The van der Waals surface area contributed by atoms with Crippen LogP contribution in [0.4, 0.5) is 22.0 Å². The number of hydrogen-bond donors (Lipinski definition) is 2. The lowest BCUT2D eigenvalue weighted by Crippen LogP contribution is -2.48. The van der Waals surface area contributed by atoms with Crippen LogP contribution < -0.4 is 20.9 Å². The van der Waals surface area contributed by atoms with Crippen molar-refractivity contribution in [3.8, 4) is 16.3 Å². The molecule has 0 saturated carbocycles. The van der Waals surface area contributed by atoms with Crippen molar-refractivity contribution in [1.29, 1.82) is 0 Å². The van der Waals surface area contributed by atoms with Crippen molar-refractivity contribution in [1.82, 2.24) is 19.4 Å². The molecule has 3 heterocycles. The van der Waals surface area contributed by atoms with Gasteiger partial charge in [-0.25, -0.2) is 9.78 Å². The zero-order valence-corrected chi connectivity index (χ0v) is 26.2.